The Labute approximate surface area is 131 Å². The Hall–Kier alpha value is 0.670. The number of rotatable bonds is 1. The zero-order valence-corrected chi connectivity index (χ0v) is 14.6. The van der Waals surface area contributed by atoms with E-state index in [1.54, 1.807) is 23.3 Å². The molecule has 0 N–H and O–H groups in total. The first-order valence-electron chi connectivity index (χ1n) is 4.30. The van der Waals surface area contributed by atoms with Gasteiger partial charge in [0.25, 0.3) is 0 Å². The van der Waals surface area contributed by atoms with E-state index in [0.29, 0.717) is 6.16 Å². The summed E-state index contributed by atoms with van der Waals surface area (Å²) < 4.78 is 0. The summed E-state index contributed by atoms with van der Waals surface area (Å²) in [5, 5.41) is 0. The van der Waals surface area contributed by atoms with Gasteiger partial charge in [0.05, 0.1) is 0 Å². The van der Waals surface area contributed by atoms with Crippen LogP contribution in [0.4, 0.5) is 0 Å². The van der Waals surface area contributed by atoms with E-state index in [2.05, 4.69) is 0 Å². The topological polar surface area (TPSA) is 0 Å². The summed E-state index contributed by atoms with van der Waals surface area (Å²) >= 11 is 6.86. The van der Waals surface area contributed by atoms with Crippen LogP contribution in [-0.4, -0.2) is 11.7 Å². The summed E-state index contributed by atoms with van der Waals surface area (Å²) in [6.07, 6.45) is 0.638. The summed E-state index contributed by atoms with van der Waals surface area (Å²) in [5.41, 5.74) is 0.915. The molecule has 88 valence electrons. The van der Waals surface area contributed by atoms with Crippen molar-refractivity contribution in [3.8, 4) is 0 Å². The van der Waals surface area contributed by atoms with Gasteiger partial charge in [0.1, 0.15) is 0 Å². The molecule has 0 aliphatic heterocycles. The molecule has 2 aromatic rings. The van der Waals surface area contributed by atoms with E-state index >= 15 is 0 Å². The van der Waals surface area contributed by atoms with Crippen LogP contribution >= 0.6 is 11.6 Å². The zero-order chi connectivity index (χ0) is 10.5. The van der Waals surface area contributed by atoms with E-state index in [4.69, 9.17) is 11.6 Å². The van der Waals surface area contributed by atoms with Crippen LogP contribution in [0, 0.1) is 0 Å². The van der Waals surface area contributed by atoms with Crippen LogP contribution in [0.3, 0.4) is 0 Å². The summed E-state index contributed by atoms with van der Waals surface area (Å²) in [5.74, 6) is 0. The SMILES string of the molecule is ClC[SiH]=[Zr+2].[Cl-].[Cl-].c1cc[cH-]c1.c1cc[cH-]c1. The number of hydrogen-bond acceptors (Lipinski definition) is 0. The first-order chi connectivity index (χ1) is 6.91. The number of hydrogen-bond donors (Lipinski definition) is 0. The Morgan fingerprint density at radius 2 is 1.12 bits per heavy atom. The molecule has 2 aromatic carbocycles. The van der Waals surface area contributed by atoms with E-state index in [0.717, 1.165) is 5.50 Å². The zero-order valence-electron chi connectivity index (χ0n) is 8.69. The van der Waals surface area contributed by atoms with Crippen molar-refractivity contribution < 1.29 is 48.1 Å². The Balaban J connectivity index is -0.000000151. The van der Waals surface area contributed by atoms with Crippen LogP contribution in [0.1, 0.15) is 0 Å². The molecule has 0 saturated carbocycles. The molecule has 0 aliphatic rings. The normalized spacial score (nSPS) is 6.69. The Morgan fingerprint density at radius 1 is 0.875 bits per heavy atom. The van der Waals surface area contributed by atoms with Crippen LogP contribution in [0.25, 0.3) is 0 Å². The second-order valence-corrected chi connectivity index (χ2v) is 6.94. The van der Waals surface area contributed by atoms with Gasteiger partial charge in [0, 0.05) is 0 Å². The number of alkyl halides is 1. The third-order valence-electron chi connectivity index (χ3n) is 1.19. The molecule has 0 aliphatic carbocycles. The van der Waals surface area contributed by atoms with Gasteiger partial charge in [-0.25, -0.2) is 24.3 Å². The minimum atomic E-state index is 0. The molecule has 0 saturated heterocycles. The fourth-order valence-corrected chi connectivity index (χ4v) is 0.642. The molecule has 0 nitrogen and oxygen atoms in total. The molecule has 0 amide bonds. The van der Waals surface area contributed by atoms with Crippen LogP contribution in [0.15, 0.2) is 60.7 Å². The molecule has 0 spiro atoms. The van der Waals surface area contributed by atoms with Gasteiger partial charge in [-0.2, -0.15) is 36.4 Å². The molecule has 16 heavy (non-hydrogen) atoms. The van der Waals surface area contributed by atoms with E-state index < -0.39 is 0 Å². The third-order valence-corrected chi connectivity index (χ3v) is 5.22. The predicted molar refractivity (Wildman–Crippen MR) is 61.9 cm³/mol. The second kappa shape index (κ2) is 21.0. The maximum absolute atomic E-state index is 5.25. The molecule has 0 unspecified atom stereocenters. The largest absolute Gasteiger partial charge is 1.00 e. The van der Waals surface area contributed by atoms with Gasteiger partial charge in [-0.05, 0) is 0 Å². The molecular weight excluding hydrogens is 358 g/mol. The van der Waals surface area contributed by atoms with Gasteiger partial charge >= 0.3 is 46.6 Å². The van der Waals surface area contributed by atoms with Crippen LogP contribution in [-0.2, 0) is 23.3 Å². The van der Waals surface area contributed by atoms with Gasteiger partial charge in [-0.3, -0.25) is 0 Å². The van der Waals surface area contributed by atoms with Crippen molar-refractivity contribution in [1.29, 1.82) is 0 Å². The average molecular weight is 371 g/mol. The van der Waals surface area contributed by atoms with E-state index in [1.165, 1.54) is 0 Å². The predicted octanol–water partition coefficient (Wildman–Crippen LogP) is -3.10. The Bertz CT molecular complexity index is 209. The van der Waals surface area contributed by atoms with Gasteiger partial charge < -0.3 is 24.8 Å². The molecule has 0 atom stereocenters. The first-order valence-corrected chi connectivity index (χ1v) is 10.5. The van der Waals surface area contributed by atoms with Crippen molar-refractivity contribution in [3.05, 3.63) is 60.7 Å². The van der Waals surface area contributed by atoms with E-state index in [9.17, 15) is 0 Å². The minimum absolute atomic E-state index is 0. The van der Waals surface area contributed by atoms with Gasteiger partial charge in [-0.1, -0.05) is 0 Å². The van der Waals surface area contributed by atoms with Gasteiger partial charge in [0.2, 0.25) is 0 Å². The summed E-state index contributed by atoms with van der Waals surface area (Å²) in [4.78, 5) is 0. The van der Waals surface area contributed by atoms with Crippen molar-refractivity contribution >= 4 is 17.8 Å². The molecule has 0 fully saturated rings. The van der Waals surface area contributed by atoms with Crippen molar-refractivity contribution in [3.63, 3.8) is 0 Å². The molecule has 0 radical (unpaired) electrons. The second-order valence-electron chi connectivity index (χ2n) is 2.28. The first kappa shape index (κ1) is 21.9. The number of halogens is 3. The van der Waals surface area contributed by atoms with Crippen molar-refractivity contribution in [2.45, 2.75) is 0 Å². The summed E-state index contributed by atoms with van der Waals surface area (Å²) in [6, 6.07) is 20.0. The minimum Gasteiger partial charge on any atom is -1.00 e. The monoisotopic (exact) mass is 368 g/mol. The van der Waals surface area contributed by atoms with Crippen LogP contribution < -0.4 is 24.8 Å². The fraction of sp³-hybridized carbons (Fsp3) is 0.0909. The smallest absolute Gasteiger partial charge is 0.172 e. The van der Waals surface area contributed by atoms with Crippen LogP contribution in [0.2, 0.25) is 0 Å². The van der Waals surface area contributed by atoms with Crippen molar-refractivity contribution in [2.75, 3.05) is 5.50 Å². The Kier molecular flexibility index (Phi) is 28.8. The molecule has 0 aromatic heterocycles. The van der Waals surface area contributed by atoms with Gasteiger partial charge in [-0.15, -0.1) is 0 Å². The average Bonchev–Trinajstić information content (AvgIpc) is 2.94. The molecule has 2 rings (SSSR count). The fourth-order valence-electron chi connectivity index (χ4n) is 0.642. The van der Waals surface area contributed by atoms with E-state index in [1.807, 2.05) is 60.7 Å². The van der Waals surface area contributed by atoms with Gasteiger partial charge in [0.15, 0.2) is 0 Å². The molecular formula is C11H13Cl3SiZr-2. The standard InChI is InChI=1S/2C5H5.CH3ClSi.2ClH.Zr/c2*1-2-4-5-3-1;2-1-3;;;/h2*1-5H;3H,1H2;2*1H;/q2*-1;;;;+2/p-2. The Morgan fingerprint density at radius 3 is 1.19 bits per heavy atom. The van der Waals surface area contributed by atoms with Crippen molar-refractivity contribution in [2.24, 2.45) is 0 Å². The summed E-state index contributed by atoms with van der Waals surface area (Å²) in [6.45, 7) is 0. The van der Waals surface area contributed by atoms with E-state index in [-0.39, 0.29) is 24.8 Å². The maximum Gasteiger partial charge on any atom is -0.172 e. The van der Waals surface area contributed by atoms with Crippen LogP contribution in [0.5, 0.6) is 0 Å². The summed E-state index contributed by atoms with van der Waals surface area (Å²) in [7, 11) is 0. The van der Waals surface area contributed by atoms with Crippen molar-refractivity contribution in [1.82, 2.24) is 0 Å². The molecule has 5 heteroatoms. The third kappa shape index (κ3) is 20.1. The maximum atomic E-state index is 5.25. The molecule has 0 bridgehead atoms. The quantitative estimate of drug-likeness (QED) is 0.283. The molecule has 0 heterocycles.